The second kappa shape index (κ2) is 10.0. The normalized spacial score (nSPS) is 11.2. The molecule has 0 heterocycles. The summed E-state index contributed by atoms with van der Waals surface area (Å²) in [5, 5.41) is 2.43. The van der Waals surface area contributed by atoms with Crippen molar-refractivity contribution < 1.29 is 22.3 Å². The lowest BCUT2D eigenvalue weighted by Gasteiger charge is -2.12. The molecule has 0 bridgehead atoms. The van der Waals surface area contributed by atoms with Crippen LogP contribution in [0.25, 0.3) is 0 Å². The molecule has 0 radical (unpaired) electrons. The first-order valence-corrected chi connectivity index (χ1v) is 11.5. The van der Waals surface area contributed by atoms with Crippen molar-refractivity contribution in [3.05, 3.63) is 88.1 Å². The van der Waals surface area contributed by atoms with E-state index in [2.05, 4.69) is 26.0 Å². The third-order valence-electron chi connectivity index (χ3n) is 4.33. The number of rotatable bonds is 8. The second-order valence-corrected chi connectivity index (χ2v) is 9.38. The van der Waals surface area contributed by atoms with E-state index in [9.17, 15) is 17.6 Å². The summed E-state index contributed by atoms with van der Waals surface area (Å²) in [7, 11) is -3.71. The summed E-state index contributed by atoms with van der Waals surface area (Å²) in [6.07, 6.45) is 0. The summed E-state index contributed by atoms with van der Waals surface area (Å²) in [6, 6.07) is 17.8. The van der Waals surface area contributed by atoms with Crippen molar-refractivity contribution in [3.63, 3.8) is 0 Å². The molecule has 0 aliphatic rings. The molecule has 6 nitrogen and oxygen atoms in total. The van der Waals surface area contributed by atoms with E-state index < -0.39 is 21.7 Å². The number of amides is 1. The highest BCUT2D eigenvalue weighted by molar-refractivity contribution is 9.10. The minimum absolute atomic E-state index is 0.0412. The molecule has 3 aromatic rings. The van der Waals surface area contributed by atoms with Gasteiger partial charge < -0.3 is 10.1 Å². The second-order valence-electron chi connectivity index (χ2n) is 6.70. The van der Waals surface area contributed by atoms with Crippen molar-refractivity contribution in [1.82, 2.24) is 4.72 Å². The van der Waals surface area contributed by atoms with Crippen LogP contribution in [0.15, 0.2) is 76.1 Å². The molecule has 0 aliphatic heterocycles. The molecule has 0 fully saturated rings. The zero-order valence-corrected chi connectivity index (χ0v) is 19.0. The highest BCUT2D eigenvalue weighted by Gasteiger charge is 2.16. The highest BCUT2D eigenvalue weighted by atomic mass is 79.9. The van der Waals surface area contributed by atoms with Gasteiger partial charge in [-0.1, -0.05) is 46.3 Å². The van der Waals surface area contributed by atoms with E-state index in [1.165, 1.54) is 30.3 Å². The molecule has 0 saturated carbocycles. The minimum Gasteiger partial charge on any atom is -0.483 e. The third kappa shape index (κ3) is 6.36. The Morgan fingerprint density at radius 1 is 1.06 bits per heavy atom. The number of benzene rings is 3. The molecule has 0 aromatic heterocycles. The summed E-state index contributed by atoms with van der Waals surface area (Å²) in [5.74, 6) is -0.758. The van der Waals surface area contributed by atoms with Crippen molar-refractivity contribution in [3.8, 4) is 5.75 Å². The monoisotopic (exact) mass is 506 g/mol. The Kier molecular flexibility index (Phi) is 7.42. The molecule has 0 atom stereocenters. The number of carbonyl (C=O) groups excluding carboxylic acids is 1. The van der Waals surface area contributed by atoms with E-state index in [0.29, 0.717) is 15.8 Å². The Morgan fingerprint density at radius 2 is 1.81 bits per heavy atom. The fourth-order valence-corrected chi connectivity index (χ4v) is 4.16. The summed E-state index contributed by atoms with van der Waals surface area (Å²) in [6.45, 7) is 1.50. The molecule has 31 heavy (non-hydrogen) atoms. The van der Waals surface area contributed by atoms with Crippen molar-refractivity contribution in [2.75, 3.05) is 11.9 Å². The van der Waals surface area contributed by atoms with E-state index >= 15 is 0 Å². The molecule has 1 amide bonds. The standard InChI is InChI=1S/C22H20BrFN2O4S/c1-15-11-18(31(28,29)25-13-16-5-3-2-4-6-16)8-10-21(15)30-14-22(27)26-20-9-7-17(23)12-19(20)24/h2-12,25H,13-14H2,1H3,(H,26,27). The fourth-order valence-electron chi connectivity index (χ4n) is 2.73. The van der Waals surface area contributed by atoms with E-state index in [4.69, 9.17) is 4.74 Å². The van der Waals surface area contributed by atoms with E-state index in [1.54, 1.807) is 13.0 Å². The van der Waals surface area contributed by atoms with Crippen molar-refractivity contribution in [1.29, 1.82) is 0 Å². The average Bonchev–Trinajstić information content (AvgIpc) is 2.74. The molecule has 9 heteroatoms. The predicted molar refractivity (Wildman–Crippen MR) is 120 cm³/mol. The van der Waals surface area contributed by atoms with Gasteiger partial charge in [-0.25, -0.2) is 17.5 Å². The fraction of sp³-hybridized carbons (Fsp3) is 0.136. The summed E-state index contributed by atoms with van der Waals surface area (Å²) < 4.78 is 47.5. The lowest BCUT2D eigenvalue weighted by Crippen LogP contribution is -2.23. The first kappa shape index (κ1) is 22.9. The number of hydrogen-bond donors (Lipinski definition) is 2. The molecule has 0 saturated heterocycles. The number of sulfonamides is 1. The number of aryl methyl sites for hydroxylation is 1. The predicted octanol–water partition coefficient (Wildman–Crippen LogP) is 4.39. The topological polar surface area (TPSA) is 84.5 Å². The van der Waals surface area contributed by atoms with Gasteiger partial charge in [0.2, 0.25) is 10.0 Å². The number of ether oxygens (including phenoxy) is 1. The zero-order valence-electron chi connectivity index (χ0n) is 16.6. The molecule has 3 rings (SSSR count). The zero-order chi connectivity index (χ0) is 22.4. The van der Waals surface area contributed by atoms with E-state index in [-0.39, 0.29) is 23.7 Å². The van der Waals surface area contributed by atoms with E-state index in [0.717, 1.165) is 5.56 Å². The van der Waals surface area contributed by atoms with Crippen LogP contribution in [0.1, 0.15) is 11.1 Å². The molecule has 0 unspecified atom stereocenters. The number of nitrogens with one attached hydrogen (secondary N) is 2. The summed E-state index contributed by atoms with van der Waals surface area (Å²) >= 11 is 3.15. The van der Waals surface area contributed by atoms with Gasteiger partial charge in [0.1, 0.15) is 11.6 Å². The van der Waals surface area contributed by atoms with Crippen LogP contribution in [-0.2, 0) is 21.4 Å². The Morgan fingerprint density at radius 3 is 2.48 bits per heavy atom. The van der Waals surface area contributed by atoms with Crippen LogP contribution in [0.5, 0.6) is 5.75 Å². The average molecular weight is 507 g/mol. The molecular weight excluding hydrogens is 487 g/mol. The molecule has 2 N–H and O–H groups in total. The Hall–Kier alpha value is -2.75. The number of halogens is 2. The molecular formula is C22H20BrFN2O4S. The van der Waals surface area contributed by atoms with Gasteiger partial charge in [0.05, 0.1) is 10.6 Å². The number of anilines is 1. The van der Waals surface area contributed by atoms with Gasteiger partial charge in [0.15, 0.2) is 6.61 Å². The van der Waals surface area contributed by atoms with Crippen LogP contribution < -0.4 is 14.8 Å². The molecule has 3 aromatic carbocycles. The largest absolute Gasteiger partial charge is 0.483 e. The first-order chi connectivity index (χ1) is 14.7. The maximum Gasteiger partial charge on any atom is 0.262 e. The quantitative estimate of drug-likeness (QED) is 0.474. The molecule has 0 spiro atoms. The lowest BCUT2D eigenvalue weighted by atomic mass is 10.2. The molecule has 162 valence electrons. The Balaban J connectivity index is 1.60. The molecule has 0 aliphatic carbocycles. The lowest BCUT2D eigenvalue weighted by molar-refractivity contribution is -0.118. The minimum atomic E-state index is -3.71. The van der Waals surface area contributed by atoms with Gasteiger partial charge in [-0.2, -0.15) is 0 Å². The number of hydrogen-bond acceptors (Lipinski definition) is 4. The first-order valence-electron chi connectivity index (χ1n) is 9.26. The van der Waals surface area contributed by atoms with Crippen LogP contribution in [0.4, 0.5) is 10.1 Å². The van der Waals surface area contributed by atoms with Crippen molar-refractivity contribution >= 4 is 37.5 Å². The van der Waals surface area contributed by atoms with Crippen molar-refractivity contribution in [2.24, 2.45) is 0 Å². The van der Waals surface area contributed by atoms with Crippen LogP contribution in [-0.4, -0.2) is 20.9 Å². The third-order valence-corrected chi connectivity index (χ3v) is 6.22. The van der Waals surface area contributed by atoms with E-state index in [1.807, 2.05) is 30.3 Å². The summed E-state index contributed by atoms with van der Waals surface area (Å²) in [5.41, 5.74) is 1.43. The maximum atomic E-state index is 13.8. The van der Waals surface area contributed by atoms with Gasteiger partial charge in [0, 0.05) is 11.0 Å². The summed E-state index contributed by atoms with van der Waals surface area (Å²) in [4.78, 5) is 12.2. The SMILES string of the molecule is Cc1cc(S(=O)(=O)NCc2ccccc2)ccc1OCC(=O)Nc1ccc(Br)cc1F. The van der Waals surface area contributed by atoms with Crippen LogP contribution in [0, 0.1) is 12.7 Å². The van der Waals surface area contributed by atoms with Gasteiger partial charge in [-0.15, -0.1) is 0 Å². The van der Waals surface area contributed by atoms with Gasteiger partial charge in [0.25, 0.3) is 5.91 Å². The van der Waals surface area contributed by atoms with Crippen LogP contribution in [0.2, 0.25) is 0 Å². The van der Waals surface area contributed by atoms with Crippen LogP contribution >= 0.6 is 15.9 Å². The van der Waals surface area contributed by atoms with Crippen LogP contribution in [0.3, 0.4) is 0 Å². The highest BCUT2D eigenvalue weighted by Crippen LogP contribution is 2.23. The van der Waals surface area contributed by atoms with Crippen molar-refractivity contribution in [2.45, 2.75) is 18.4 Å². The maximum absolute atomic E-state index is 13.8. The smallest absolute Gasteiger partial charge is 0.262 e. The van der Waals surface area contributed by atoms with Gasteiger partial charge in [-0.05, 0) is 54.4 Å². The Bertz CT molecular complexity index is 1190. The van der Waals surface area contributed by atoms with Gasteiger partial charge >= 0.3 is 0 Å². The van der Waals surface area contributed by atoms with Gasteiger partial charge in [-0.3, -0.25) is 4.79 Å². The number of carbonyl (C=O) groups is 1. The Labute approximate surface area is 188 Å².